The van der Waals surface area contributed by atoms with Gasteiger partial charge in [0.2, 0.25) is 0 Å². The van der Waals surface area contributed by atoms with E-state index >= 15 is 0 Å². The van der Waals surface area contributed by atoms with Crippen molar-refractivity contribution in [2.75, 3.05) is 6.54 Å². The topological polar surface area (TPSA) is 24.7 Å². The molecule has 0 saturated heterocycles. The highest BCUT2D eigenvalue weighted by atomic mass is 15.0. The average molecular weight is 631 g/mol. The van der Waals surface area contributed by atoms with Gasteiger partial charge in [0.05, 0.1) is 5.71 Å². The van der Waals surface area contributed by atoms with Crippen LogP contribution in [0.5, 0.6) is 0 Å². The summed E-state index contributed by atoms with van der Waals surface area (Å²) >= 11 is 0. The van der Waals surface area contributed by atoms with Crippen LogP contribution in [0.15, 0.2) is 155 Å². The highest BCUT2D eigenvalue weighted by Crippen LogP contribution is 2.43. The molecule has 2 heteroatoms. The van der Waals surface area contributed by atoms with Crippen LogP contribution in [0.2, 0.25) is 0 Å². The molecule has 3 aliphatic rings. The third kappa shape index (κ3) is 5.29. The molecule has 1 atom stereocenters. The van der Waals surface area contributed by atoms with Gasteiger partial charge in [-0.15, -0.1) is 0 Å². The summed E-state index contributed by atoms with van der Waals surface area (Å²) in [6, 6.07) is 44.4. The van der Waals surface area contributed by atoms with E-state index in [1.165, 1.54) is 71.6 Å². The van der Waals surface area contributed by atoms with E-state index in [1.54, 1.807) is 0 Å². The molecule has 1 heterocycles. The van der Waals surface area contributed by atoms with Crippen LogP contribution in [0, 0.1) is 0 Å². The number of hydrogen-bond donors (Lipinski definition) is 0. The number of aliphatic imine (C=N–C) groups is 2. The molecule has 2 nitrogen and oxygen atoms in total. The summed E-state index contributed by atoms with van der Waals surface area (Å²) in [6.45, 7) is 3.10. The fourth-order valence-corrected chi connectivity index (χ4v) is 8.13. The van der Waals surface area contributed by atoms with Crippen molar-refractivity contribution in [3.63, 3.8) is 0 Å². The molecule has 9 rings (SSSR count). The van der Waals surface area contributed by atoms with Crippen LogP contribution in [-0.4, -0.2) is 18.1 Å². The molecule has 236 valence electrons. The smallest absolute Gasteiger partial charge is 0.155 e. The number of nitrogens with zero attached hydrogens (tertiary/aromatic N) is 2. The zero-order valence-electron chi connectivity index (χ0n) is 27.9. The van der Waals surface area contributed by atoms with Crippen molar-refractivity contribution >= 4 is 44.7 Å². The molecule has 6 aromatic rings. The number of allylic oxidation sites excluding steroid dienone is 3. The summed E-state index contributed by atoms with van der Waals surface area (Å²) in [5.41, 5.74) is 13.8. The van der Waals surface area contributed by atoms with E-state index in [9.17, 15) is 0 Å². The van der Waals surface area contributed by atoms with E-state index in [1.807, 2.05) is 0 Å². The third-order valence-corrected chi connectivity index (χ3v) is 10.5. The Kier molecular flexibility index (Phi) is 7.50. The van der Waals surface area contributed by atoms with Crippen LogP contribution in [0.4, 0.5) is 0 Å². The summed E-state index contributed by atoms with van der Waals surface area (Å²) in [5, 5.41) is 5.38. The summed E-state index contributed by atoms with van der Waals surface area (Å²) < 4.78 is 0. The monoisotopic (exact) mass is 630 g/mol. The first kappa shape index (κ1) is 29.5. The Labute approximate surface area is 288 Å². The van der Waals surface area contributed by atoms with E-state index < -0.39 is 0 Å². The Bertz CT molecular complexity index is 2420. The molecular weight excluding hydrogens is 593 g/mol. The molecular formula is C47H38N2. The van der Waals surface area contributed by atoms with Crippen molar-refractivity contribution in [1.29, 1.82) is 0 Å². The first-order valence-corrected chi connectivity index (χ1v) is 17.7. The van der Waals surface area contributed by atoms with Crippen LogP contribution in [-0.2, 0) is 0 Å². The van der Waals surface area contributed by atoms with Crippen molar-refractivity contribution in [3.8, 4) is 22.3 Å². The average Bonchev–Trinajstić information content (AvgIpc) is 3.18. The Morgan fingerprint density at radius 2 is 1.35 bits per heavy atom. The van der Waals surface area contributed by atoms with Crippen LogP contribution in [0.25, 0.3) is 55.4 Å². The second kappa shape index (κ2) is 12.5. The summed E-state index contributed by atoms with van der Waals surface area (Å²) in [4.78, 5) is 10.3. The molecule has 0 N–H and O–H groups in total. The molecule has 2 aliphatic carbocycles. The molecule has 0 aromatic heterocycles. The second-order valence-corrected chi connectivity index (χ2v) is 13.5. The molecule has 49 heavy (non-hydrogen) atoms. The van der Waals surface area contributed by atoms with E-state index in [4.69, 9.17) is 9.98 Å². The first-order chi connectivity index (χ1) is 24.2. The van der Waals surface area contributed by atoms with Gasteiger partial charge in [-0.3, -0.25) is 4.99 Å². The van der Waals surface area contributed by atoms with Gasteiger partial charge in [-0.1, -0.05) is 140 Å². The fraction of sp³-hybridized carbons (Fsp3) is 0.149. The van der Waals surface area contributed by atoms with E-state index in [-0.39, 0.29) is 0 Å². The van der Waals surface area contributed by atoms with E-state index in [0.29, 0.717) is 5.92 Å². The van der Waals surface area contributed by atoms with Gasteiger partial charge in [0.25, 0.3) is 0 Å². The minimum atomic E-state index is 0.512. The predicted octanol–water partition coefficient (Wildman–Crippen LogP) is 12.2. The molecule has 0 saturated carbocycles. The third-order valence-electron chi connectivity index (χ3n) is 10.5. The maximum atomic E-state index is 5.26. The van der Waals surface area contributed by atoms with Crippen molar-refractivity contribution in [2.24, 2.45) is 9.98 Å². The van der Waals surface area contributed by atoms with Gasteiger partial charge in [0, 0.05) is 18.5 Å². The van der Waals surface area contributed by atoms with Gasteiger partial charge in [0.15, 0.2) is 5.84 Å². The van der Waals surface area contributed by atoms with Crippen LogP contribution < -0.4 is 0 Å². The Hall–Kier alpha value is -5.60. The molecule has 1 unspecified atom stereocenters. The minimum Gasteiger partial charge on any atom is -0.266 e. The van der Waals surface area contributed by atoms with Crippen LogP contribution in [0.1, 0.15) is 60.8 Å². The quantitative estimate of drug-likeness (QED) is 0.169. The number of amidine groups is 1. The molecule has 0 amide bonds. The predicted molar refractivity (Wildman–Crippen MR) is 210 cm³/mol. The van der Waals surface area contributed by atoms with Gasteiger partial charge in [-0.2, -0.15) is 0 Å². The van der Waals surface area contributed by atoms with E-state index in [0.717, 1.165) is 49.3 Å². The minimum absolute atomic E-state index is 0.512. The van der Waals surface area contributed by atoms with Crippen LogP contribution in [0.3, 0.4) is 0 Å². The normalized spacial score (nSPS) is 17.3. The molecule has 6 aromatic carbocycles. The number of fused-ring (bicyclic) bond motifs is 6. The Morgan fingerprint density at radius 1 is 0.571 bits per heavy atom. The molecule has 1 aliphatic heterocycles. The standard InChI is InChI=1S/C47H38N2/c1-31-13-11-24-42-40-26-25-34(30-44(40)39-21-7-9-22-41(39)46(31)42)36-18-5-6-19-37(36)38-20-8-10-23-43(38)47-48-28-27-45(49-47)35-17-12-16-33(29-35)32-14-3-2-4-15-32/h2-7,9-12,14-19,21-26,29-31H,8,13,20,27-28H2,1H3. The molecule has 0 fully saturated rings. The molecule has 0 bridgehead atoms. The molecule has 0 radical (unpaired) electrons. The largest absolute Gasteiger partial charge is 0.266 e. The van der Waals surface area contributed by atoms with Crippen LogP contribution >= 0.6 is 0 Å². The molecule has 0 spiro atoms. The number of benzene rings is 6. The second-order valence-electron chi connectivity index (χ2n) is 13.5. The number of rotatable bonds is 5. The Balaban J connectivity index is 1.15. The highest BCUT2D eigenvalue weighted by molar-refractivity contribution is 6.18. The zero-order chi connectivity index (χ0) is 32.7. The van der Waals surface area contributed by atoms with Crippen molar-refractivity contribution in [3.05, 3.63) is 167 Å². The maximum absolute atomic E-state index is 5.26. The summed E-state index contributed by atoms with van der Waals surface area (Å²) in [7, 11) is 0. The SMILES string of the molecule is CC1CC=Cc2c1c1ccccc1c1cc(-c3ccccc3C3=C(C4=NCCC(c5cccc(-c6ccccc6)c5)=N4)C=CCC3)ccc21. The fourth-order valence-electron chi connectivity index (χ4n) is 8.13. The summed E-state index contributed by atoms with van der Waals surface area (Å²) in [6.07, 6.45) is 13.1. The highest BCUT2D eigenvalue weighted by Gasteiger charge is 2.23. The van der Waals surface area contributed by atoms with Crippen molar-refractivity contribution < 1.29 is 0 Å². The lowest BCUT2D eigenvalue weighted by Gasteiger charge is -2.24. The lowest BCUT2D eigenvalue weighted by molar-refractivity contribution is 0.781. The van der Waals surface area contributed by atoms with Gasteiger partial charge >= 0.3 is 0 Å². The maximum Gasteiger partial charge on any atom is 0.155 e. The Morgan fingerprint density at radius 3 is 2.24 bits per heavy atom. The lowest BCUT2D eigenvalue weighted by atomic mass is 9.80. The summed E-state index contributed by atoms with van der Waals surface area (Å²) in [5.74, 6) is 1.36. The van der Waals surface area contributed by atoms with Gasteiger partial charge in [0.1, 0.15) is 0 Å². The van der Waals surface area contributed by atoms with Gasteiger partial charge in [-0.05, 0) is 109 Å². The van der Waals surface area contributed by atoms with Gasteiger partial charge in [-0.25, -0.2) is 4.99 Å². The lowest BCUT2D eigenvalue weighted by Crippen LogP contribution is -2.16. The van der Waals surface area contributed by atoms with Gasteiger partial charge < -0.3 is 0 Å². The number of hydrogen-bond acceptors (Lipinski definition) is 2. The van der Waals surface area contributed by atoms with E-state index in [2.05, 4.69) is 153 Å². The first-order valence-electron chi connectivity index (χ1n) is 17.7. The van der Waals surface area contributed by atoms with Crippen molar-refractivity contribution in [2.45, 2.75) is 38.5 Å². The zero-order valence-corrected chi connectivity index (χ0v) is 27.9. The van der Waals surface area contributed by atoms with Crippen molar-refractivity contribution in [1.82, 2.24) is 0 Å².